The van der Waals surface area contributed by atoms with Gasteiger partial charge in [-0.3, -0.25) is 0 Å². The third kappa shape index (κ3) is 8.87. The SMILES string of the molecule is C=CCCNCCCCCCOC1CCN(S(=O)(=O)NCc2ccco2)CC1. The van der Waals surface area contributed by atoms with Crippen molar-refractivity contribution in [3.05, 3.63) is 36.8 Å². The summed E-state index contributed by atoms with van der Waals surface area (Å²) < 4.78 is 39.9. The molecule has 0 amide bonds. The first-order valence-corrected chi connectivity index (χ1v) is 11.8. The van der Waals surface area contributed by atoms with E-state index >= 15 is 0 Å². The minimum Gasteiger partial charge on any atom is -0.468 e. The minimum atomic E-state index is -3.47. The van der Waals surface area contributed by atoms with Gasteiger partial charge in [-0.2, -0.15) is 17.4 Å². The van der Waals surface area contributed by atoms with Crippen LogP contribution in [0.15, 0.2) is 35.5 Å². The maximum absolute atomic E-state index is 12.4. The van der Waals surface area contributed by atoms with Crippen molar-refractivity contribution < 1.29 is 17.6 Å². The summed E-state index contributed by atoms with van der Waals surface area (Å²) in [5.41, 5.74) is 0. The third-order valence-electron chi connectivity index (χ3n) is 4.88. The zero-order valence-corrected chi connectivity index (χ0v) is 17.6. The zero-order chi connectivity index (χ0) is 20.1. The van der Waals surface area contributed by atoms with Gasteiger partial charge in [-0.25, -0.2) is 0 Å². The molecule has 2 heterocycles. The first kappa shape index (κ1) is 23.1. The predicted molar refractivity (Wildman–Crippen MR) is 111 cm³/mol. The fraction of sp³-hybridized carbons (Fsp3) is 0.700. The van der Waals surface area contributed by atoms with E-state index in [4.69, 9.17) is 9.15 Å². The second-order valence-electron chi connectivity index (χ2n) is 7.12. The highest BCUT2D eigenvalue weighted by Crippen LogP contribution is 2.17. The van der Waals surface area contributed by atoms with E-state index in [0.717, 1.165) is 45.4 Å². The highest BCUT2D eigenvalue weighted by molar-refractivity contribution is 7.87. The van der Waals surface area contributed by atoms with Crippen LogP contribution >= 0.6 is 0 Å². The maximum Gasteiger partial charge on any atom is 0.279 e. The summed E-state index contributed by atoms with van der Waals surface area (Å²) in [5.74, 6) is 0.606. The molecule has 1 aliphatic rings. The Kier molecular flexibility index (Phi) is 10.8. The van der Waals surface area contributed by atoms with E-state index in [2.05, 4.69) is 16.6 Å². The van der Waals surface area contributed by atoms with Crippen molar-refractivity contribution in [3.63, 3.8) is 0 Å². The Morgan fingerprint density at radius 1 is 1.21 bits per heavy atom. The molecule has 7 nitrogen and oxygen atoms in total. The van der Waals surface area contributed by atoms with E-state index in [9.17, 15) is 8.42 Å². The van der Waals surface area contributed by atoms with Crippen molar-refractivity contribution in [3.8, 4) is 0 Å². The van der Waals surface area contributed by atoms with Crippen LogP contribution in [0, 0.1) is 0 Å². The number of nitrogens with zero attached hydrogens (tertiary/aromatic N) is 1. The molecule has 1 saturated heterocycles. The lowest BCUT2D eigenvalue weighted by Gasteiger charge is -2.31. The third-order valence-corrected chi connectivity index (χ3v) is 6.43. The number of ether oxygens (including phenoxy) is 1. The maximum atomic E-state index is 12.4. The highest BCUT2D eigenvalue weighted by atomic mass is 32.2. The Morgan fingerprint density at radius 2 is 2.00 bits per heavy atom. The number of furan rings is 1. The molecule has 0 radical (unpaired) electrons. The Balaban J connectivity index is 1.49. The van der Waals surface area contributed by atoms with Gasteiger partial charge in [0.05, 0.1) is 18.9 Å². The predicted octanol–water partition coefficient (Wildman–Crippen LogP) is 2.82. The summed E-state index contributed by atoms with van der Waals surface area (Å²) in [4.78, 5) is 0. The van der Waals surface area contributed by atoms with Gasteiger partial charge in [0, 0.05) is 19.7 Å². The average Bonchev–Trinajstić information content (AvgIpc) is 3.22. The molecule has 0 atom stereocenters. The molecule has 160 valence electrons. The molecular weight excluding hydrogens is 378 g/mol. The molecule has 2 N–H and O–H groups in total. The Hall–Kier alpha value is -1.19. The van der Waals surface area contributed by atoms with Gasteiger partial charge in [0.1, 0.15) is 5.76 Å². The van der Waals surface area contributed by atoms with Crippen LogP contribution in [0.2, 0.25) is 0 Å². The molecule has 8 heteroatoms. The molecule has 1 aromatic heterocycles. The first-order valence-electron chi connectivity index (χ1n) is 10.3. The number of unbranched alkanes of at least 4 members (excludes halogenated alkanes) is 3. The number of hydrogen-bond donors (Lipinski definition) is 2. The van der Waals surface area contributed by atoms with Gasteiger partial charge in [0.15, 0.2) is 0 Å². The van der Waals surface area contributed by atoms with Crippen LogP contribution in [-0.4, -0.2) is 51.6 Å². The quantitative estimate of drug-likeness (QED) is 0.341. The smallest absolute Gasteiger partial charge is 0.279 e. The minimum absolute atomic E-state index is 0.164. The van der Waals surface area contributed by atoms with Crippen molar-refractivity contribution in [2.75, 3.05) is 32.8 Å². The summed E-state index contributed by atoms with van der Waals surface area (Å²) in [6.45, 7) is 7.71. The largest absolute Gasteiger partial charge is 0.468 e. The lowest BCUT2D eigenvalue weighted by atomic mass is 10.1. The summed E-state index contributed by atoms with van der Waals surface area (Å²) in [6, 6.07) is 3.50. The van der Waals surface area contributed by atoms with Crippen LogP contribution in [0.4, 0.5) is 0 Å². The molecule has 0 bridgehead atoms. The van der Waals surface area contributed by atoms with E-state index in [0.29, 0.717) is 18.8 Å². The summed E-state index contributed by atoms with van der Waals surface area (Å²) in [5, 5.41) is 3.40. The second-order valence-corrected chi connectivity index (χ2v) is 8.87. The van der Waals surface area contributed by atoms with Crippen LogP contribution in [0.3, 0.4) is 0 Å². The van der Waals surface area contributed by atoms with Gasteiger partial charge in [0.2, 0.25) is 0 Å². The summed E-state index contributed by atoms with van der Waals surface area (Å²) in [6.07, 6.45) is 10.8. The second kappa shape index (κ2) is 13.1. The molecule has 1 aromatic rings. The highest BCUT2D eigenvalue weighted by Gasteiger charge is 2.28. The van der Waals surface area contributed by atoms with Crippen molar-refractivity contribution >= 4 is 10.2 Å². The molecule has 0 spiro atoms. The average molecular weight is 414 g/mol. The molecular formula is C20H35N3O4S. The first-order chi connectivity index (χ1) is 13.6. The number of hydrogen-bond acceptors (Lipinski definition) is 5. The molecule has 28 heavy (non-hydrogen) atoms. The standard InChI is InChI=1S/C20H35N3O4S/c1-2-3-12-21-13-6-4-5-7-16-26-19-10-14-23(15-11-19)28(24,25)22-18-20-9-8-17-27-20/h2,8-9,17,19,21-22H,1,3-7,10-16,18H2. The van der Waals surface area contributed by atoms with Gasteiger partial charge < -0.3 is 14.5 Å². The zero-order valence-electron chi connectivity index (χ0n) is 16.8. The van der Waals surface area contributed by atoms with Gasteiger partial charge >= 0.3 is 0 Å². The van der Waals surface area contributed by atoms with Gasteiger partial charge in [0.25, 0.3) is 10.2 Å². The van der Waals surface area contributed by atoms with Crippen LogP contribution in [0.5, 0.6) is 0 Å². The summed E-state index contributed by atoms with van der Waals surface area (Å²) >= 11 is 0. The topological polar surface area (TPSA) is 83.8 Å². The molecule has 0 unspecified atom stereocenters. The van der Waals surface area contributed by atoms with Crippen LogP contribution in [0.25, 0.3) is 0 Å². The van der Waals surface area contributed by atoms with E-state index in [1.54, 1.807) is 12.1 Å². The number of piperidine rings is 1. The molecule has 0 aliphatic carbocycles. The van der Waals surface area contributed by atoms with Gasteiger partial charge in [-0.1, -0.05) is 18.9 Å². The van der Waals surface area contributed by atoms with Crippen LogP contribution in [0.1, 0.15) is 50.7 Å². The summed E-state index contributed by atoms with van der Waals surface area (Å²) in [7, 11) is -3.47. The lowest BCUT2D eigenvalue weighted by Crippen LogP contribution is -2.46. The molecule has 0 aromatic carbocycles. The Morgan fingerprint density at radius 3 is 2.71 bits per heavy atom. The molecule has 0 saturated carbocycles. The van der Waals surface area contributed by atoms with Crippen molar-refractivity contribution in [1.82, 2.24) is 14.3 Å². The van der Waals surface area contributed by atoms with E-state index in [1.165, 1.54) is 29.8 Å². The van der Waals surface area contributed by atoms with E-state index in [1.807, 2.05) is 6.08 Å². The number of rotatable bonds is 15. The fourth-order valence-electron chi connectivity index (χ4n) is 3.19. The van der Waals surface area contributed by atoms with E-state index in [-0.39, 0.29) is 12.6 Å². The lowest BCUT2D eigenvalue weighted by molar-refractivity contribution is 0.0191. The normalized spacial score (nSPS) is 16.4. The molecule has 1 fully saturated rings. The van der Waals surface area contributed by atoms with Crippen molar-refractivity contribution in [2.45, 2.75) is 57.6 Å². The Labute approximate surface area is 169 Å². The van der Waals surface area contributed by atoms with Crippen molar-refractivity contribution in [2.24, 2.45) is 0 Å². The van der Waals surface area contributed by atoms with Crippen molar-refractivity contribution in [1.29, 1.82) is 0 Å². The van der Waals surface area contributed by atoms with E-state index < -0.39 is 10.2 Å². The van der Waals surface area contributed by atoms with Gasteiger partial charge in [-0.05, 0) is 57.3 Å². The monoisotopic (exact) mass is 413 g/mol. The van der Waals surface area contributed by atoms with Gasteiger partial charge in [-0.15, -0.1) is 6.58 Å². The number of nitrogens with one attached hydrogen (secondary N) is 2. The molecule has 1 aliphatic heterocycles. The fourth-order valence-corrected chi connectivity index (χ4v) is 4.39. The molecule has 2 rings (SSSR count). The van der Waals surface area contributed by atoms with Crippen LogP contribution in [-0.2, 0) is 21.5 Å². The van der Waals surface area contributed by atoms with Crippen LogP contribution < -0.4 is 10.0 Å². The Bertz CT molecular complexity index is 626.